The summed E-state index contributed by atoms with van der Waals surface area (Å²) in [5.74, 6) is -7.24. The molecule has 1 unspecified atom stereocenters. The van der Waals surface area contributed by atoms with Crippen LogP contribution in [0.1, 0.15) is 26.2 Å². The summed E-state index contributed by atoms with van der Waals surface area (Å²) in [5, 5.41) is 2.08. The second-order valence-corrected chi connectivity index (χ2v) is 7.37. The van der Waals surface area contributed by atoms with E-state index < -0.39 is 51.8 Å². The molecule has 0 heterocycles. The van der Waals surface area contributed by atoms with Crippen LogP contribution in [0.4, 0.5) is 8.78 Å². The van der Waals surface area contributed by atoms with E-state index in [2.05, 4.69) is 10.1 Å². The number of rotatable bonds is 8. The summed E-state index contributed by atoms with van der Waals surface area (Å²) in [4.78, 5) is 22.9. The molecule has 1 rings (SSSR count). The molecule has 0 bridgehead atoms. The third-order valence-corrected chi connectivity index (χ3v) is 3.99. The van der Waals surface area contributed by atoms with Gasteiger partial charge in [-0.15, -0.1) is 0 Å². The van der Waals surface area contributed by atoms with Crippen LogP contribution in [0, 0.1) is 5.92 Å². The Kier molecular flexibility index (Phi) is 5.66. The molecule has 0 aromatic carbocycles. The summed E-state index contributed by atoms with van der Waals surface area (Å²) >= 11 is 0. The SMILES string of the molecule is CCOC(=O)C(F)(F)C(NC(=O)CCS(C)(=O)=O)C1CC1. The van der Waals surface area contributed by atoms with Crippen LogP contribution in [-0.2, 0) is 24.2 Å². The molecule has 0 spiro atoms. The van der Waals surface area contributed by atoms with Crippen LogP contribution in [0.5, 0.6) is 0 Å². The number of amides is 1. The lowest BCUT2D eigenvalue weighted by Crippen LogP contribution is -2.54. The number of ether oxygens (including phenoxy) is 1. The number of hydrogen-bond acceptors (Lipinski definition) is 5. The summed E-state index contributed by atoms with van der Waals surface area (Å²) < 4.78 is 54.2. The summed E-state index contributed by atoms with van der Waals surface area (Å²) in [6.45, 7) is 1.22. The van der Waals surface area contributed by atoms with Gasteiger partial charge in [0.15, 0.2) is 0 Å². The Morgan fingerprint density at radius 2 is 1.95 bits per heavy atom. The van der Waals surface area contributed by atoms with Gasteiger partial charge < -0.3 is 10.1 Å². The minimum Gasteiger partial charge on any atom is -0.461 e. The predicted octanol–water partition coefficient (Wildman–Crippen LogP) is 0.514. The highest BCUT2D eigenvalue weighted by Crippen LogP contribution is 2.40. The lowest BCUT2D eigenvalue weighted by Gasteiger charge is -2.26. The van der Waals surface area contributed by atoms with Gasteiger partial charge in [-0.2, -0.15) is 8.78 Å². The Hall–Kier alpha value is -1.25. The van der Waals surface area contributed by atoms with Gasteiger partial charge in [-0.25, -0.2) is 13.2 Å². The third kappa shape index (κ3) is 5.56. The fourth-order valence-electron chi connectivity index (χ4n) is 1.81. The van der Waals surface area contributed by atoms with Crippen LogP contribution in [0.2, 0.25) is 0 Å². The number of esters is 1. The topological polar surface area (TPSA) is 89.5 Å². The maximum Gasteiger partial charge on any atom is 0.379 e. The average molecular weight is 327 g/mol. The van der Waals surface area contributed by atoms with Gasteiger partial charge in [0.05, 0.1) is 12.4 Å². The zero-order chi connectivity index (χ0) is 16.3. The van der Waals surface area contributed by atoms with Crippen molar-refractivity contribution >= 4 is 21.7 Å². The molecule has 0 saturated heterocycles. The first kappa shape index (κ1) is 17.8. The van der Waals surface area contributed by atoms with E-state index in [4.69, 9.17) is 0 Å². The summed E-state index contributed by atoms with van der Waals surface area (Å²) in [6, 6.07) is -1.65. The summed E-state index contributed by atoms with van der Waals surface area (Å²) in [5.41, 5.74) is 0. The second-order valence-electron chi connectivity index (χ2n) is 5.11. The minimum absolute atomic E-state index is 0.187. The van der Waals surface area contributed by atoms with Crippen molar-refractivity contribution in [3.05, 3.63) is 0 Å². The zero-order valence-corrected chi connectivity index (χ0v) is 12.7. The Morgan fingerprint density at radius 3 is 2.38 bits per heavy atom. The lowest BCUT2D eigenvalue weighted by atomic mass is 10.0. The fourth-order valence-corrected chi connectivity index (χ4v) is 2.37. The second kappa shape index (κ2) is 6.67. The number of carbonyl (C=O) groups excluding carboxylic acids is 2. The summed E-state index contributed by atoms with van der Waals surface area (Å²) in [7, 11) is -3.36. The Balaban J connectivity index is 2.69. The van der Waals surface area contributed by atoms with E-state index in [0.29, 0.717) is 12.8 Å². The van der Waals surface area contributed by atoms with Crippen molar-refractivity contribution in [1.82, 2.24) is 5.32 Å². The molecule has 0 radical (unpaired) electrons. The van der Waals surface area contributed by atoms with E-state index in [1.807, 2.05) is 0 Å². The minimum atomic E-state index is -3.82. The van der Waals surface area contributed by atoms with Gasteiger partial charge in [0.2, 0.25) is 5.91 Å². The predicted molar refractivity (Wildman–Crippen MR) is 70.6 cm³/mol. The van der Waals surface area contributed by atoms with Crippen LogP contribution in [-0.4, -0.2) is 50.9 Å². The van der Waals surface area contributed by atoms with Crippen molar-refractivity contribution in [2.75, 3.05) is 18.6 Å². The van der Waals surface area contributed by atoms with E-state index in [1.165, 1.54) is 6.92 Å². The number of hydrogen-bond donors (Lipinski definition) is 1. The van der Waals surface area contributed by atoms with E-state index in [1.54, 1.807) is 0 Å². The number of carbonyl (C=O) groups is 2. The Bertz CT molecular complexity index is 502. The molecule has 1 fully saturated rings. The maximum absolute atomic E-state index is 14.0. The normalized spacial score (nSPS) is 17.1. The van der Waals surface area contributed by atoms with Gasteiger partial charge >= 0.3 is 11.9 Å². The maximum atomic E-state index is 14.0. The largest absolute Gasteiger partial charge is 0.461 e. The quantitative estimate of drug-likeness (QED) is 0.656. The van der Waals surface area contributed by atoms with E-state index in [-0.39, 0.29) is 6.61 Å². The van der Waals surface area contributed by atoms with Gasteiger partial charge in [-0.1, -0.05) is 0 Å². The van der Waals surface area contributed by atoms with Gasteiger partial charge in [0.25, 0.3) is 0 Å². The molecule has 0 aromatic heterocycles. The first-order valence-corrected chi connectivity index (χ1v) is 8.66. The van der Waals surface area contributed by atoms with Crippen molar-refractivity contribution in [2.24, 2.45) is 5.92 Å². The fraction of sp³-hybridized carbons (Fsp3) is 0.833. The van der Waals surface area contributed by atoms with Gasteiger partial charge in [0, 0.05) is 12.7 Å². The molecule has 1 aliphatic rings. The van der Waals surface area contributed by atoms with E-state index >= 15 is 0 Å². The molecule has 0 aromatic rings. The molecule has 1 amide bonds. The standard InChI is InChI=1S/C12H19F2NO5S/c1-3-20-11(17)12(13,14)10(8-4-5-8)15-9(16)6-7-21(2,18)19/h8,10H,3-7H2,1-2H3,(H,15,16). The molecule has 1 saturated carbocycles. The average Bonchev–Trinajstić information content (AvgIpc) is 3.16. The molecule has 6 nitrogen and oxygen atoms in total. The van der Waals surface area contributed by atoms with Gasteiger partial charge in [-0.05, 0) is 25.7 Å². The highest BCUT2D eigenvalue weighted by Gasteiger charge is 2.55. The molecule has 0 aliphatic heterocycles. The van der Waals surface area contributed by atoms with Gasteiger partial charge in [-0.3, -0.25) is 4.79 Å². The first-order valence-electron chi connectivity index (χ1n) is 6.60. The number of nitrogens with one attached hydrogen (secondary N) is 1. The van der Waals surface area contributed by atoms with Crippen molar-refractivity contribution in [2.45, 2.75) is 38.2 Å². The highest BCUT2D eigenvalue weighted by molar-refractivity contribution is 7.90. The molecular formula is C12H19F2NO5S. The Morgan fingerprint density at radius 1 is 1.38 bits per heavy atom. The number of alkyl halides is 2. The van der Waals surface area contributed by atoms with E-state index in [9.17, 15) is 26.8 Å². The van der Waals surface area contributed by atoms with Gasteiger partial charge in [0.1, 0.15) is 15.9 Å². The molecule has 1 aliphatic carbocycles. The first-order chi connectivity index (χ1) is 9.58. The van der Waals surface area contributed by atoms with Crippen molar-refractivity contribution in [3.8, 4) is 0 Å². The smallest absolute Gasteiger partial charge is 0.379 e. The van der Waals surface area contributed by atoms with Crippen molar-refractivity contribution in [1.29, 1.82) is 0 Å². The van der Waals surface area contributed by atoms with Crippen LogP contribution in [0.3, 0.4) is 0 Å². The molecule has 21 heavy (non-hydrogen) atoms. The highest BCUT2D eigenvalue weighted by atomic mass is 32.2. The molecule has 122 valence electrons. The van der Waals surface area contributed by atoms with Crippen LogP contribution in [0.15, 0.2) is 0 Å². The third-order valence-electron chi connectivity index (χ3n) is 3.05. The Labute approximate surface area is 122 Å². The van der Waals surface area contributed by atoms with Crippen molar-refractivity contribution < 1.29 is 31.5 Å². The van der Waals surface area contributed by atoms with E-state index in [0.717, 1.165) is 6.26 Å². The number of sulfone groups is 1. The molecule has 1 N–H and O–H groups in total. The summed E-state index contributed by atoms with van der Waals surface area (Å²) in [6.07, 6.45) is 1.49. The number of halogens is 2. The van der Waals surface area contributed by atoms with Crippen LogP contribution in [0.25, 0.3) is 0 Å². The van der Waals surface area contributed by atoms with Crippen LogP contribution < -0.4 is 5.32 Å². The molecule has 1 atom stereocenters. The van der Waals surface area contributed by atoms with Crippen molar-refractivity contribution in [3.63, 3.8) is 0 Å². The zero-order valence-electron chi connectivity index (χ0n) is 11.9. The molecule has 9 heteroatoms. The lowest BCUT2D eigenvalue weighted by molar-refractivity contribution is -0.177. The molecular weight excluding hydrogens is 308 g/mol. The van der Waals surface area contributed by atoms with Crippen LogP contribution >= 0.6 is 0 Å². The monoisotopic (exact) mass is 327 g/mol.